The van der Waals surface area contributed by atoms with Crippen LogP contribution in [0.15, 0.2) is 72.8 Å². The summed E-state index contributed by atoms with van der Waals surface area (Å²) in [6, 6.07) is 21.5. The fourth-order valence-corrected chi connectivity index (χ4v) is 3.36. The Morgan fingerprint density at radius 2 is 1.29 bits per heavy atom. The molecule has 31 heavy (non-hydrogen) atoms. The molecule has 160 valence electrons. The van der Waals surface area contributed by atoms with Crippen LogP contribution < -0.4 is 9.47 Å². The molecule has 4 heteroatoms. The standard InChI is InChI=1S/C27H28O4/c1-3-5-13-23-18-20(12-4-2)19-24(30-26(28)21-14-8-6-9-15-21)25(23)31-27(29)22-16-10-7-11-17-22/h6-11,14-19H,3-5,12-13H2,1-2H3. The number of aryl methyl sites for hydroxylation is 2. The normalized spacial score (nSPS) is 10.5. The third kappa shape index (κ3) is 6.05. The smallest absolute Gasteiger partial charge is 0.343 e. The summed E-state index contributed by atoms with van der Waals surface area (Å²) in [6.07, 6.45) is 4.49. The SMILES string of the molecule is CCCCc1cc(CCC)cc(OC(=O)c2ccccc2)c1OC(=O)c1ccccc1. The van der Waals surface area contributed by atoms with Gasteiger partial charge in [-0.15, -0.1) is 0 Å². The van der Waals surface area contributed by atoms with Crippen LogP contribution in [0.2, 0.25) is 0 Å². The minimum atomic E-state index is -0.479. The largest absolute Gasteiger partial charge is 0.419 e. The second kappa shape index (κ2) is 11.1. The van der Waals surface area contributed by atoms with Crippen LogP contribution in [0.1, 0.15) is 65.0 Å². The van der Waals surface area contributed by atoms with E-state index in [1.165, 1.54) is 0 Å². The number of unbranched alkanes of at least 4 members (excludes halogenated alkanes) is 1. The highest BCUT2D eigenvalue weighted by atomic mass is 16.6. The number of hydrogen-bond acceptors (Lipinski definition) is 4. The van der Waals surface area contributed by atoms with E-state index in [1.807, 2.05) is 18.2 Å². The third-order valence-corrected chi connectivity index (χ3v) is 4.95. The molecule has 0 saturated carbocycles. The molecule has 3 aromatic rings. The zero-order valence-electron chi connectivity index (χ0n) is 18.1. The Morgan fingerprint density at radius 1 is 0.710 bits per heavy atom. The number of hydrogen-bond donors (Lipinski definition) is 0. The van der Waals surface area contributed by atoms with E-state index in [1.54, 1.807) is 48.5 Å². The summed E-state index contributed by atoms with van der Waals surface area (Å²) >= 11 is 0. The van der Waals surface area contributed by atoms with E-state index in [-0.39, 0.29) is 5.75 Å². The van der Waals surface area contributed by atoms with Gasteiger partial charge in [0.1, 0.15) is 0 Å². The van der Waals surface area contributed by atoms with Crippen molar-refractivity contribution in [3.05, 3.63) is 95.1 Å². The molecule has 0 spiro atoms. The van der Waals surface area contributed by atoms with Gasteiger partial charge < -0.3 is 9.47 Å². The van der Waals surface area contributed by atoms with Crippen molar-refractivity contribution in [1.82, 2.24) is 0 Å². The molecular formula is C27H28O4. The van der Waals surface area contributed by atoms with Crippen molar-refractivity contribution in [2.24, 2.45) is 0 Å². The molecule has 0 saturated heterocycles. The Labute approximate surface area is 183 Å². The molecular weight excluding hydrogens is 388 g/mol. The van der Waals surface area contributed by atoms with Gasteiger partial charge in [0.2, 0.25) is 0 Å². The van der Waals surface area contributed by atoms with Crippen LogP contribution in [-0.4, -0.2) is 11.9 Å². The van der Waals surface area contributed by atoms with Crippen molar-refractivity contribution >= 4 is 11.9 Å². The molecule has 0 aliphatic heterocycles. The van der Waals surface area contributed by atoms with E-state index in [0.717, 1.165) is 43.2 Å². The van der Waals surface area contributed by atoms with Gasteiger partial charge in [0.25, 0.3) is 0 Å². The predicted octanol–water partition coefficient (Wildman–Crippen LogP) is 6.42. The van der Waals surface area contributed by atoms with Gasteiger partial charge in [-0.3, -0.25) is 0 Å². The Bertz CT molecular complexity index is 1010. The van der Waals surface area contributed by atoms with Gasteiger partial charge in [-0.25, -0.2) is 9.59 Å². The van der Waals surface area contributed by atoms with Gasteiger partial charge in [0, 0.05) is 0 Å². The molecule has 3 aromatic carbocycles. The summed E-state index contributed by atoms with van der Waals surface area (Å²) in [7, 11) is 0. The van der Waals surface area contributed by atoms with E-state index >= 15 is 0 Å². The van der Waals surface area contributed by atoms with Crippen LogP contribution in [0.3, 0.4) is 0 Å². The zero-order chi connectivity index (χ0) is 22.1. The number of carbonyl (C=O) groups excluding carboxylic acids is 2. The molecule has 0 fully saturated rings. The molecule has 0 aliphatic carbocycles. The second-order valence-electron chi connectivity index (χ2n) is 7.45. The molecule has 0 N–H and O–H groups in total. The van der Waals surface area contributed by atoms with E-state index < -0.39 is 11.9 Å². The van der Waals surface area contributed by atoms with Crippen LogP contribution in [0.4, 0.5) is 0 Å². The van der Waals surface area contributed by atoms with Gasteiger partial charge in [0.05, 0.1) is 11.1 Å². The molecule has 0 heterocycles. The lowest BCUT2D eigenvalue weighted by atomic mass is 10.0. The molecule has 0 bridgehead atoms. The van der Waals surface area contributed by atoms with Crippen LogP contribution in [-0.2, 0) is 12.8 Å². The van der Waals surface area contributed by atoms with Crippen molar-refractivity contribution in [3.8, 4) is 11.5 Å². The van der Waals surface area contributed by atoms with Crippen molar-refractivity contribution < 1.29 is 19.1 Å². The zero-order valence-corrected chi connectivity index (χ0v) is 18.1. The molecule has 0 unspecified atom stereocenters. The Kier molecular flexibility index (Phi) is 7.99. The predicted molar refractivity (Wildman–Crippen MR) is 122 cm³/mol. The number of ether oxygens (including phenoxy) is 2. The van der Waals surface area contributed by atoms with Gasteiger partial charge in [0.15, 0.2) is 11.5 Å². The summed E-state index contributed by atoms with van der Waals surface area (Å²) in [5, 5.41) is 0. The topological polar surface area (TPSA) is 52.6 Å². The average Bonchev–Trinajstić information content (AvgIpc) is 2.80. The molecule has 0 aromatic heterocycles. The van der Waals surface area contributed by atoms with Crippen molar-refractivity contribution in [3.63, 3.8) is 0 Å². The quantitative estimate of drug-likeness (QED) is 0.298. The molecule has 0 radical (unpaired) electrons. The fraction of sp³-hybridized carbons (Fsp3) is 0.259. The lowest BCUT2D eigenvalue weighted by Crippen LogP contribution is -2.14. The Hall–Kier alpha value is -3.40. The highest BCUT2D eigenvalue weighted by Crippen LogP contribution is 2.36. The average molecular weight is 417 g/mol. The number of rotatable bonds is 9. The van der Waals surface area contributed by atoms with Gasteiger partial charge in [-0.1, -0.05) is 69.2 Å². The van der Waals surface area contributed by atoms with E-state index in [4.69, 9.17) is 9.47 Å². The first kappa shape index (κ1) is 22.3. The van der Waals surface area contributed by atoms with Gasteiger partial charge >= 0.3 is 11.9 Å². The summed E-state index contributed by atoms with van der Waals surface area (Å²) in [4.78, 5) is 25.5. The van der Waals surface area contributed by atoms with E-state index in [2.05, 4.69) is 19.9 Å². The monoisotopic (exact) mass is 416 g/mol. The van der Waals surface area contributed by atoms with Crippen LogP contribution >= 0.6 is 0 Å². The maximum Gasteiger partial charge on any atom is 0.343 e. The van der Waals surface area contributed by atoms with E-state index in [9.17, 15) is 9.59 Å². The van der Waals surface area contributed by atoms with Crippen LogP contribution in [0, 0.1) is 0 Å². The van der Waals surface area contributed by atoms with Crippen molar-refractivity contribution in [2.75, 3.05) is 0 Å². The lowest BCUT2D eigenvalue weighted by Gasteiger charge is -2.17. The number of carbonyl (C=O) groups is 2. The molecule has 0 amide bonds. The maximum absolute atomic E-state index is 12.8. The lowest BCUT2D eigenvalue weighted by molar-refractivity contribution is 0.0681. The minimum Gasteiger partial charge on any atom is -0.419 e. The molecule has 3 rings (SSSR count). The first-order valence-electron chi connectivity index (χ1n) is 10.8. The molecule has 0 atom stereocenters. The summed E-state index contributed by atoms with van der Waals surface area (Å²) in [5.74, 6) is -0.340. The van der Waals surface area contributed by atoms with Crippen molar-refractivity contribution in [2.45, 2.75) is 46.0 Å². The summed E-state index contributed by atoms with van der Waals surface area (Å²) < 4.78 is 11.6. The highest BCUT2D eigenvalue weighted by Gasteiger charge is 2.21. The highest BCUT2D eigenvalue weighted by molar-refractivity contribution is 5.93. The third-order valence-electron chi connectivity index (χ3n) is 4.95. The minimum absolute atomic E-state index is 0.287. The van der Waals surface area contributed by atoms with E-state index in [0.29, 0.717) is 16.9 Å². The van der Waals surface area contributed by atoms with Crippen LogP contribution in [0.5, 0.6) is 11.5 Å². The number of esters is 2. The number of benzene rings is 3. The Morgan fingerprint density at radius 3 is 1.84 bits per heavy atom. The van der Waals surface area contributed by atoms with Gasteiger partial charge in [-0.2, -0.15) is 0 Å². The van der Waals surface area contributed by atoms with Crippen LogP contribution in [0.25, 0.3) is 0 Å². The van der Waals surface area contributed by atoms with Crippen molar-refractivity contribution in [1.29, 1.82) is 0 Å². The Balaban J connectivity index is 2.01. The fourth-order valence-electron chi connectivity index (χ4n) is 3.36. The molecule has 0 aliphatic rings. The summed E-state index contributed by atoms with van der Waals surface area (Å²) in [5.41, 5.74) is 2.83. The second-order valence-corrected chi connectivity index (χ2v) is 7.45. The first-order valence-corrected chi connectivity index (χ1v) is 10.8. The first-order chi connectivity index (χ1) is 15.1. The van der Waals surface area contributed by atoms with Gasteiger partial charge in [-0.05, 0) is 60.7 Å². The molecule has 4 nitrogen and oxygen atoms in total. The summed E-state index contributed by atoms with van der Waals surface area (Å²) in [6.45, 7) is 4.21. The maximum atomic E-state index is 12.8.